The number of nitrogens with zero attached hydrogens (tertiary/aromatic N) is 4. The number of rotatable bonds is 6. The maximum absolute atomic E-state index is 13.1. The average molecular weight is 375 g/mol. The Morgan fingerprint density at radius 2 is 2.12 bits per heavy atom. The second-order valence-corrected chi connectivity index (χ2v) is 6.06. The van der Waals surface area contributed by atoms with Gasteiger partial charge in [-0.2, -0.15) is 0 Å². The van der Waals surface area contributed by atoms with Crippen molar-refractivity contribution in [1.29, 1.82) is 0 Å². The van der Waals surface area contributed by atoms with Crippen LogP contribution in [-0.2, 0) is 13.0 Å². The number of aliphatic imine (C=N–C) groups is 1. The zero-order valence-corrected chi connectivity index (χ0v) is 15.2. The predicted octanol–water partition coefficient (Wildman–Crippen LogP) is 2.82. The van der Waals surface area contributed by atoms with E-state index < -0.39 is 0 Å². The van der Waals surface area contributed by atoms with E-state index in [1.807, 2.05) is 35.7 Å². The van der Waals surface area contributed by atoms with E-state index in [9.17, 15) is 4.39 Å². The van der Waals surface area contributed by atoms with E-state index in [-0.39, 0.29) is 5.82 Å². The van der Waals surface area contributed by atoms with Crippen LogP contribution in [0.1, 0.15) is 18.3 Å². The Kier molecular flexibility index (Phi) is 6.01. The summed E-state index contributed by atoms with van der Waals surface area (Å²) < 4.78 is 15.0. The number of aromatic nitrogens is 3. The summed E-state index contributed by atoms with van der Waals surface area (Å²) in [6.07, 6.45) is 2.58. The van der Waals surface area contributed by atoms with Gasteiger partial charge in [0.2, 0.25) is 0 Å². The molecule has 8 heteroatoms. The summed E-state index contributed by atoms with van der Waals surface area (Å²) in [6, 6.07) is 10.2. The molecule has 2 N–H and O–H groups in total. The molecule has 0 aliphatic carbocycles. The van der Waals surface area contributed by atoms with E-state index >= 15 is 0 Å². The molecule has 6 nitrogen and oxygen atoms in total. The van der Waals surface area contributed by atoms with Crippen LogP contribution in [0.25, 0.3) is 5.65 Å². The standard InChI is InChI=1S/C18H20ClFN6/c1-2-21-18(22-9-8-13-6-7-14(20)11-15(13)19)23-12-17-25-24-16-5-3-4-10-26(16)17/h3-7,10-11H,2,8-9,12H2,1H3,(H2,21,22,23). The smallest absolute Gasteiger partial charge is 0.191 e. The fourth-order valence-electron chi connectivity index (χ4n) is 2.53. The molecule has 0 atom stereocenters. The third-order valence-corrected chi connectivity index (χ3v) is 4.16. The fourth-order valence-corrected chi connectivity index (χ4v) is 2.79. The molecule has 0 saturated heterocycles. The summed E-state index contributed by atoms with van der Waals surface area (Å²) in [4.78, 5) is 4.55. The highest BCUT2D eigenvalue weighted by Gasteiger charge is 2.06. The summed E-state index contributed by atoms with van der Waals surface area (Å²) in [6.45, 7) is 3.76. The van der Waals surface area contributed by atoms with Crippen molar-refractivity contribution >= 4 is 23.2 Å². The van der Waals surface area contributed by atoms with Crippen LogP contribution in [0.4, 0.5) is 4.39 Å². The number of guanidine groups is 1. The molecule has 2 heterocycles. The normalized spacial score (nSPS) is 11.7. The van der Waals surface area contributed by atoms with Crippen molar-refractivity contribution < 1.29 is 4.39 Å². The molecule has 1 aromatic carbocycles. The molecular formula is C18H20ClFN6. The predicted molar refractivity (Wildman–Crippen MR) is 101 cm³/mol. The van der Waals surface area contributed by atoms with E-state index in [1.54, 1.807) is 6.07 Å². The van der Waals surface area contributed by atoms with Gasteiger partial charge in [-0.3, -0.25) is 4.40 Å². The first-order valence-corrected chi connectivity index (χ1v) is 8.80. The zero-order chi connectivity index (χ0) is 18.4. The molecule has 2 aromatic heterocycles. The molecule has 3 aromatic rings. The molecule has 0 fully saturated rings. The summed E-state index contributed by atoms with van der Waals surface area (Å²) in [5, 5.41) is 15.2. The monoisotopic (exact) mass is 374 g/mol. The quantitative estimate of drug-likeness (QED) is 0.514. The Balaban J connectivity index is 1.62. The Bertz CT molecular complexity index is 908. The number of fused-ring (bicyclic) bond motifs is 1. The van der Waals surface area contributed by atoms with Gasteiger partial charge in [0.1, 0.15) is 12.4 Å². The molecule has 0 radical (unpaired) electrons. The molecule has 26 heavy (non-hydrogen) atoms. The van der Waals surface area contributed by atoms with Crippen molar-refractivity contribution in [3.05, 3.63) is 64.8 Å². The molecule has 0 amide bonds. The van der Waals surface area contributed by atoms with Crippen LogP contribution in [0, 0.1) is 5.82 Å². The lowest BCUT2D eigenvalue weighted by Gasteiger charge is -2.11. The van der Waals surface area contributed by atoms with E-state index in [2.05, 4.69) is 25.8 Å². The second-order valence-electron chi connectivity index (χ2n) is 5.65. The van der Waals surface area contributed by atoms with Crippen molar-refractivity contribution in [1.82, 2.24) is 25.2 Å². The van der Waals surface area contributed by atoms with Crippen molar-refractivity contribution in [2.24, 2.45) is 4.99 Å². The number of benzene rings is 1. The average Bonchev–Trinajstić information content (AvgIpc) is 3.05. The highest BCUT2D eigenvalue weighted by molar-refractivity contribution is 6.31. The first-order valence-electron chi connectivity index (χ1n) is 8.42. The zero-order valence-electron chi connectivity index (χ0n) is 14.4. The number of hydrogen-bond donors (Lipinski definition) is 2. The van der Waals surface area contributed by atoms with Gasteiger partial charge in [-0.15, -0.1) is 10.2 Å². The Morgan fingerprint density at radius 3 is 2.92 bits per heavy atom. The van der Waals surface area contributed by atoms with Gasteiger partial charge in [0, 0.05) is 24.3 Å². The summed E-state index contributed by atoms with van der Waals surface area (Å²) in [7, 11) is 0. The number of hydrogen-bond acceptors (Lipinski definition) is 3. The highest BCUT2D eigenvalue weighted by Crippen LogP contribution is 2.17. The number of pyridine rings is 1. The minimum Gasteiger partial charge on any atom is -0.357 e. The lowest BCUT2D eigenvalue weighted by molar-refractivity contribution is 0.627. The van der Waals surface area contributed by atoms with Gasteiger partial charge in [-0.1, -0.05) is 23.7 Å². The molecule has 0 saturated carbocycles. The van der Waals surface area contributed by atoms with Crippen LogP contribution in [-0.4, -0.2) is 33.6 Å². The minimum absolute atomic E-state index is 0.331. The van der Waals surface area contributed by atoms with Crippen molar-refractivity contribution in [2.75, 3.05) is 13.1 Å². The second kappa shape index (κ2) is 8.62. The third-order valence-electron chi connectivity index (χ3n) is 3.81. The van der Waals surface area contributed by atoms with Crippen LogP contribution in [0.2, 0.25) is 5.02 Å². The largest absolute Gasteiger partial charge is 0.357 e. The molecule has 3 rings (SSSR count). The van der Waals surface area contributed by atoms with Gasteiger partial charge < -0.3 is 10.6 Å². The van der Waals surface area contributed by atoms with Crippen molar-refractivity contribution in [3.8, 4) is 0 Å². The molecule has 0 unspecified atom stereocenters. The first-order chi connectivity index (χ1) is 12.7. The van der Waals surface area contributed by atoms with Gasteiger partial charge >= 0.3 is 0 Å². The van der Waals surface area contributed by atoms with Crippen molar-refractivity contribution in [2.45, 2.75) is 19.9 Å². The Labute approximate surface area is 156 Å². The van der Waals surface area contributed by atoms with Crippen LogP contribution < -0.4 is 10.6 Å². The van der Waals surface area contributed by atoms with Gasteiger partial charge in [-0.25, -0.2) is 9.38 Å². The van der Waals surface area contributed by atoms with Gasteiger partial charge in [0.25, 0.3) is 0 Å². The molecule has 0 aliphatic rings. The topological polar surface area (TPSA) is 66.6 Å². The van der Waals surface area contributed by atoms with Gasteiger partial charge in [0.05, 0.1) is 0 Å². The lowest BCUT2D eigenvalue weighted by Crippen LogP contribution is -2.38. The maximum Gasteiger partial charge on any atom is 0.191 e. The molecular weight excluding hydrogens is 355 g/mol. The molecule has 0 spiro atoms. The van der Waals surface area contributed by atoms with Gasteiger partial charge in [0.15, 0.2) is 17.4 Å². The fraction of sp³-hybridized carbons (Fsp3) is 0.278. The van der Waals surface area contributed by atoms with E-state index in [4.69, 9.17) is 11.6 Å². The third kappa shape index (κ3) is 4.49. The van der Waals surface area contributed by atoms with E-state index in [0.717, 1.165) is 23.6 Å². The van der Waals surface area contributed by atoms with E-state index in [1.165, 1.54) is 12.1 Å². The van der Waals surface area contributed by atoms with Gasteiger partial charge in [-0.05, 0) is 43.2 Å². The first kappa shape index (κ1) is 18.1. The number of nitrogens with one attached hydrogen (secondary N) is 2. The minimum atomic E-state index is -0.331. The summed E-state index contributed by atoms with van der Waals surface area (Å²) in [5.74, 6) is 1.11. The summed E-state index contributed by atoms with van der Waals surface area (Å²) >= 11 is 6.06. The highest BCUT2D eigenvalue weighted by atomic mass is 35.5. The molecule has 136 valence electrons. The lowest BCUT2D eigenvalue weighted by atomic mass is 10.1. The Hall–Kier alpha value is -2.67. The van der Waals surface area contributed by atoms with Crippen molar-refractivity contribution in [3.63, 3.8) is 0 Å². The van der Waals surface area contributed by atoms with Crippen LogP contribution in [0.15, 0.2) is 47.6 Å². The number of halogens is 2. The maximum atomic E-state index is 13.1. The van der Waals surface area contributed by atoms with Crippen LogP contribution in [0.3, 0.4) is 0 Å². The molecule has 0 bridgehead atoms. The van der Waals surface area contributed by atoms with Crippen LogP contribution >= 0.6 is 11.6 Å². The van der Waals surface area contributed by atoms with E-state index in [0.29, 0.717) is 30.5 Å². The summed E-state index contributed by atoms with van der Waals surface area (Å²) in [5.41, 5.74) is 1.68. The SMILES string of the molecule is CCNC(=NCc1nnc2ccccn12)NCCc1ccc(F)cc1Cl. The molecule has 0 aliphatic heterocycles. The Morgan fingerprint density at radius 1 is 1.23 bits per heavy atom. The van der Waals surface area contributed by atoms with Crippen LogP contribution in [0.5, 0.6) is 0 Å².